The van der Waals surface area contributed by atoms with Crippen molar-refractivity contribution < 1.29 is 64.6 Å². The van der Waals surface area contributed by atoms with Crippen LogP contribution in [0.15, 0.2) is 0 Å². The van der Waals surface area contributed by atoms with Crippen LogP contribution in [0.25, 0.3) is 0 Å². The van der Waals surface area contributed by atoms with Crippen LogP contribution in [0.2, 0.25) is 0 Å². The molecule has 0 spiro atoms. The fraction of sp³-hybridized carbons (Fsp3) is 0.875. The third-order valence-electron chi connectivity index (χ3n) is 4.62. The minimum Gasteiger partial charge on any atom is -0.834 e. The molecule has 0 aromatic heterocycles. The molecular weight excluding hydrogens is 414 g/mol. The van der Waals surface area contributed by atoms with Crippen molar-refractivity contribution in [3.8, 4) is 0 Å². The lowest BCUT2D eigenvalue weighted by atomic mass is 9.99. The molecule has 10 atom stereocenters. The Morgan fingerprint density at radius 3 is 2.23 bits per heavy atom. The Morgan fingerprint density at radius 1 is 1.03 bits per heavy atom. The zero-order valence-corrected chi connectivity index (χ0v) is 16.5. The van der Waals surface area contributed by atoms with E-state index in [4.69, 9.17) is 28.4 Å². The molecule has 14 heteroatoms. The van der Waals surface area contributed by atoms with E-state index >= 15 is 0 Å². The summed E-state index contributed by atoms with van der Waals surface area (Å²) in [7, 11) is 2.45. The van der Waals surface area contributed by atoms with Crippen LogP contribution in [0.4, 0.5) is 0 Å². The topological polar surface area (TPSA) is 195 Å². The zero-order valence-electron chi connectivity index (χ0n) is 16.5. The first kappa shape index (κ1) is 24.8. The molecular formula is C16H28NO13-. The number of ether oxygens (including phenoxy) is 7. The molecule has 2 rings (SSSR count). The van der Waals surface area contributed by atoms with Gasteiger partial charge in [0.25, 0.3) is 6.47 Å². The lowest BCUT2D eigenvalue weighted by Crippen LogP contribution is -2.67. The molecule has 4 N–H and O–H groups in total. The van der Waals surface area contributed by atoms with Crippen molar-refractivity contribution in [3.63, 3.8) is 0 Å². The molecule has 0 aliphatic carbocycles. The third-order valence-corrected chi connectivity index (χ3v) is 4.62. The maximum absolute atomic E-state index is 11.6. The van der Waals surface area contributed by atoms with E-state index in [1.165, 1.54) is 21.1 Å². The van der Waals surface area contributed by atoms with E-state index < -0.39 is 74.4 Å². The second kappa shape index (κ2) is 11.2. The monoisotopic (exact) mass is 442 g/mol. The molecule has 2 aliphatic rings. The quantitative estimate of drug-likeness (QED) is 0.198. The van der Waals surface area contributed by atoms with E-state index in [0.717, 1.165) is 0 Å². The average molecular weight is 442 g/mol. The van der Waals surface area contributed by atoms with Gasteiger partial charge in [-0.25, -0.2) is 0 Å². The first-order valence-corrected chi connectivity index (χ1v) is 8.91. The van der Waals surface area contributed by atoms with Crippen LogP contribution in [0.5, 0.6) is 0 Å². The number of carbonyl (C=O) groups excluding carboxylic acids is 2. The Balaban J connectivity index is 0.00000480. The van der Waals surface area contributed by atoms with Crippen molar-refractivity contribution in [3.05, 3.63) is 0 Å². The van der Waals surface area contributed by atoms with Crippen LogP contribution >= 0.6 is 0 Å². The number of carbonyl (C=O) groups is 2. The van der Waals surface area contributed by atoms with Gasteiger partial charge in [0.05, 0.1) is 0 Å². The van der Waals surface area contributed by atoms with Gasteiger partial charge < -0.3 is 58.9 Å². The van der Waals surface area contributed by atoms with Gasteiger partial charge in [-0.2, -0.15) is 0 Å². The average Bonchev–Trinajstić information content (AvgIpc) is 2.70. The van der Waals surface area contributed by atoms with Gasteiger partial charge in [0, 0.05) is 22.6 Å². The maximum atomic E-state index is 11.6. The molecule has 0 aromatic rings. The Hall–Kier alpha value is -1.46. The molecule has 2 saturated heterocycles. The van der Waals surface area contributed by atoms with Gasteiger partial charge in [-0.05, 0) is 6.79 Å². The molecule has 6 unspecified atom stereocenters. The molecule has 0 bridgehead atoms. The Labute approximate surface area is 173 Å². The van der Waals surface area contributed by atoms with Crippen LogP contribution < -0.4 is 10.4 Å². The maximum Gasteiger partial charge on any atom is 0.295 e. The number of aliphatic hydroxyl groups is 3. The predicted octanol–water partition coefficient (Wildman–Crippen LogP) is -4.26. The highest BCUT2D eigenvalue weighted by Gasteiger charge is 2.52. The number of hydrogen-bond acceptors (Lipinski definition) is 13. The molecule has 2 aliphatic heterocycles. The first-order valence-electron chi connectivity index (χ1n) is 8.91. The molecule has 14 nitrogen and oxygen atoms in total. The van der Waals surface area contributed by atoms with E-state index in [0.29, 0.717) is 0 Å². The largest absolute Gasteiger partial charge is 0.834 e. The number of hydrogen-bond donors (Lipinski definition) is 4. The molecule has 2 heterocycles. The number of amides is 1. The summed E-state index contributed by atoms with van der Waals surface area (Å²) >= 11 is 0. The summed E-state index contributed by atoms with van der Waals surface area (Å²) in [5.74, 6) is -0.529. The highest BCUT2D eigenvalue weighted by molar-refractivity contribution is 5.73. The summed E-state index contributed by atoms with van der Waals surface area (Å²) in [6.07, 6.45) is -13.3. The standard InChI is InChI=1S/C16H26NO13.H2/c1-6(20)17-7-11(10(23)14(26-4-18)29-13(7)25-3)28-15-9(22)8(21)12(24-2)16(30-15)27-5-19;/h4,7-16,21-23H,5H2,1-3H3,(H,17,20);1H/q-1;/t7-,8?,9-,10-,11?,12-,13?,14?,15?,16?;/m0./s1. The summed E-state index contributed by atoms with van der Waals surface area (Å²) in [6.45, 7) is 0.198. The van der Waals surface area contributed by atoms with Crippen molar-refractivity contribution in [1.82, 2.24) is 5.32 Å². The van der Waals surface area contributed by atoms with E-state index in [-0.39, 0.29) is 7.90 Å². The Bertz CT molecular complexity index is 572. The fourth-order valence-corrected chi connectivity index (χ4v) is 3.26. The van der Waals surface area contributed by atoms with Gasteiger partial charge in [-0.3, -0.25) is 9.59 Å². The molecule has 2 fully saturated rings. The second-order valence-electron chi connectivity index (χ2n) is 6.50. The van der Waals surface area contributed by atoms with Gasteiger partial charge >= 0.3 is 0 Å². The Morgan fingerprint density at radius 2 is 1.70 bits per heavy atom. The van der Waals surface area contributed by atoms with Crippen LogP contribution in [0.3, 0.4) is 0 Å². The molecule has 30 heavy (non-hydrogen) atoms. The van der Waals surface area contributed by atoms with Crippen molar-refractivity contribution >= 4 is 12.4 Å². The Kier molecular flexibility index (Phi) is 9.30. The summed E-state index contributed by atoms with van der Waals surface area (Å²) in [4.78, 5) is 22.3. The van der Waals surface area contributed by atoms with Gasteiger partial charge in [0.2, 0.25) is 12.2 Å². The van der Waals surface area contributed by atoms with Gasteiger partial charge in [0.1, 0.15) is 36.6 Å². The van der Waals surface area contributed by atoms with E-state index in [9.17, 15) is 30.0 Å². The van der Waals surface area contributed by atoms with Crippen molar-refractivity contribution in [1.29, 1.82) is 0 Å². The normalized spacial score (nSPS) is 41.8. The number of methoxy groups -OCH3 is 2. The molecule has 0 saturated carbocycles. The third kappa shape index (κ3) is 5.42. The van der Waals surface area contributed by atoms with Gasteiger partial charge in [0.15, 0.2) is 18.9 Å². The fourth-order valence-electron chi connectivity index (χ4n) is 3.26. The summed E-state index contributed by atoms with van der Waals surface area (Å²) in [5.41, 5.74) is 0. The molecule has 0 radical (unpaired) electrons. The number of rotatable bonds is 9. The lowest BCUT2D eigenvalue weighted by Gasteiger charge is -2.47. The zero-order chi connectivity index (χ0) is 22.4. The van der Waals surface area contributed by atoms with E-state index in [1.54, 1.807) is 0 Å². The molecule has 0 aromatic carbocycles. The lowest BCUT2D eigenvalue weighted by molar-refractivity contribution is -0.471. The van der Waals surface area contributed by atoms with Crippen LogP contribution in [0, 0.1) is 0 Å². The summed E-state index contributed by atoms with van der Waals surface area (Å²) in [6, 6.07) is -1.14. The van der Waals surface area contributed by atoms with Crippen molar-refractivity contribution in [2.45, 2.75) is 68.6 Å². The van der Waals surface area contributed by atoms with Gasteiger partial charge in [-0.15, -0.1) is 0 Å². The molecule has 176 valence electrons. The van der Waals surface area contributed by atoms with Gasteiger partial charge in [-0.1, -0.05) is 0 Å². The smallest absolute Gasteiger partial charge is 0.295 e. The van der Waals surface area contributed by atoms with Crippen LogP contribution in [0.1, 0.15) is 8.35 Å². The van der Waals surface area contributed by atoms with Crippen molar-refractivity contribution in [2.24, 2.45) is 0 Å². The number of aliphatic hydroxyl groups excluding tert-OH is 3. The van der Waals surface area contributed by atoms with E-state index in [2.05, 4.69) is 10.1 Å². The second-order valence-corrected chi connectivity index (χ2v) is 6.50. The number of nitrogens with one attached hydrogen (secondary N) is 1. The highest BCUT2D eigenvalue weighted by atomic mass is 16.8. The first-order chi connectivity index (χ1) is 14.3. The SMILES string of the molecule is COC1OC(OC=O)[C@@H](O)C(OC2OC(OC[O-])[C@@H](OC)C(O)[C@@H]2O)[C@@H]1NC(C)=O.[HH]. The predicted molar refractivity (Wildman–Crippen MR) is 90.8 cm³/mol. The highest BCUT2D eigenvalue weighted by Crippen LogP contribution is 2.30. The molecule has 1 amide bonds. The van der Waals surface area contributed by atoms with Crippen molar-refractivity contribution in [2.75, 3.05) is 21.0 Å². The van der Waals surface area contributed by atoms with Crippen LogP contribution in [-0.4, -0.2) is 110 Å². The van der Waals surface area contributed by atoms with E-state index in [1.807, 2.05) is 0 Å². The van der Waals surface area contributed by atoms with Crippen LogP contribution in [-0.2, 0) is 42.7 Å². The summed E-state index contributed by atoms with van der Waals surface area (Å²) < 4.78 is 36.0. The minimum atomic E-state index is -1.69. The summed E-state index contributed by atoms with van der Waals surface area (Å²) in [5, 5.41) is 44.5. The minimum absolute atomic E-state index is 0.